The molecule has 3 aromatic carbocycles. The average Bonchev–Trinajstić information content (AvgIpc) is 3.00. The van der Waals surface area contributed by atoms with Gasteiger partial charge in [0.05, 0.1) is 11.0 Å². The minimum absolute atomic E-state index is 0.139. The monoisotopic (exact) mass is 592 g/mol. The topological polar surface area (TPSA) is 78.7 Å². The first-order valence-corrected chi connectivity index (χ1v) is 16.5. The van der Waals surface area contributed by atoms with Crippen LogP contribution in [0.2, 0.25) is 0 Å². The molecule has 0 spiro atoms. The molecule has 0 unspecified atom stereocenters. The number of rotatable bonds is 4. The Labute approximate surface area is 260 Å². The smallest absolute Gasteiger partial charge is 0.293 e. The minimum Gasteiger partial charge on any atom is -0.373 e. The van der Waals surface area contributed by atoms with Crippen molar-refractivity contribution in [2.24, 2.45) is 17.3 Å². The third-order valence-corrected chi connectivity index (χ3v) is 10.6. The number of hydrogen-bond donors (Lipinski definition) is 1. The molecule has 7 rings (SSSR count). The number of nitro benzene ring substituents is 1. The molecule has 3 aliphatic heterocycles. The Hall–Kier alpha value is -3.87. The van der Waals surface area contributed by atoms with E-state index in [1.54, 1.807) is 0 Å². The first-order chi connectivity index (χ1) is 21.1. The maximum Gasteiger partial charge on any atom is 0.293 e. The maximum absolute atomic E-state index is 14.2. The second kappa shape index (κ2) is 10.9. The summed E-state index contributed by atoms with van der Waals surface area (Å²) in [5, 5.41) is 18.8. The molecule has 1 aliphatic carbocycles. The van der Waals surface area contributed by atoms with Crippen molar-refractivity contribution < 1.29 is 9.72 Å². The lowest BCUT2D eigenvalue weighted by molar-refractivity contribution is -0.384. The molecule has 44 heavy (non-hydrogen) atoms. The van der Waals surface area contributed by atoms with Crippen LogP contribution in [0.15, 0.2) is 54.1 Å². The van der Waals surface area contributed by atoms with Gasteiger partial charge in [0.1, 0.15) is 5.69 Å². The zero-order valence-corrected chi connectivity index (χ0v) is 26.5. The maximum atomic E-state index is 14.2. The second-order valence-corrected chi connectivity index (χ2v) is 14.6. The Morgan fingerprint density at radius 1 is 0.864 bits per heavy atom. The Bertz CT molecular complexity index is 1680. The lowest BCUT2D eigenvalue weighted by Gasteiger charge is -2.42. The zero-order chi connectivity index (χ0) is 30.7. The molecule has 3 aromatic rings. The number of benzene rings is 3. The van der Waals surface area contributed by atoms with Gasteiger partial charge in [-0.15, -0.1) is 0 Å². The summed E-state index contributed by atoms with van der Waals surface area (Å²) in [6.07, 6.45) is 5.49. The van der Waals surface area contributed by atoms with Crippen molar-refractivity contribution >= 4 is 44.9 Å². The van der Waals surface area contributed by atoms with Crippen molar-refractivity contribution in [1.82, 2.24) is 0 Å². The molecule has 0 amide bonds. The van der Waals surface area contributed by atoms with E-state index in [0.717, 1.165) is 103 Å². The molecule has 0 saturated carbocycles. The molecule has 230 valence electrons. The molecular formula is C37H44N4O3. The SMILES string of the molecule is CC1CCN(c2cc(N3CCC(C)CC3)c([N+](=O)[O-])cc2[C@H]2Nc3ccc4ccccc4c3C3=C2C(=O)CC(C)(C)C3)CC1. The lowest BCUT2D eigenvalue weighted by Crippen LogP contribution is -2.37. The van der Waals surface area contributed by atoms with E-state index in [-0.39, 0.29) is 21.8 Å². The molecule has 0 aromatic heterocycles. The second-order valence-electron chi connectivity index (χ2n) is 14.6. The fourth-order valence-corrected chi connectivity index (χ4v) is 8.06. The quantitative estimate of drug-likeness (QED) is 0.242. The largest absolute Gasteiger partial charge is 0.373 e. The van der Waals surface area contributed by atoms with Gasteiger partial charge in [-0.1, -0.05) is 58.0 Å². The van der Waals surface area contributed by atoms with Crippen molar-refractivity contribution in [1.29, 1.82) is 0 Å². The molecule has 1 N–H and O–H groups in total. The first kappa shape index (κ1) is 28.9. The number of allylic oxidation sites excluding steroid dienone is 1. The van der Waals surface area contributed by atoms with Gasteiger partial charge >= 0.3 is 0 Å². The number of ketones is 1. The van der Waals surface area contributed by atoms with Crippen molar-refractivity contribution in [3.05, 3.63) is 75.3 Å². The van der Waals surface area contributed by atoms with Crippen LogP contribution in [0.5, 0.6) is 0 Å². The number of nitro groups is 1. The minimum atomic E-state index is -0.453. The molecular weight excluding hydrogens is 548 g/mol. The number of carbonyl (C=O) groups excluding carboxylic acids is 1. The third kappa shape index (κ3) is 5.04. The van der Waals surface area contributed by atoms with Crippen LogP contribution in [0.3, 0.4) is 0 Å². The van der Waals surface area contributed by atoms with Crippen LogP contribution in [-0.2, 0) is 4.79 Å². The van der Waals surface area contributed by atoms with Crippen LogP contribution in [0, 0.1) is 27.4 Å². The van der Waals surface area contributed by atoms with Gasteiger partial charge in [-0.25, -0.2) is 0 Å². The van der Waals surface area contributed by atoms with E-state index in [0.29, 0.717) is 23.9 Å². The number of carbonyl (C=O) groups is 1. The molecule has 2 fully saturated rings. The molecule has 0 bridgehead atoms. The van der Waals surface area contributed by atoms with E-state index >= 15 is 0 Å². The fourth-order valence-electron chi connectivity index (χ4n) is 8.06. The fraction of sp³-hybridized carbons (Fsp3) is 0.486. The van der Waals surface area contributed by atoms with Crippen molar-refractivity contribution in [2.75, 3.05) is 41.3 Å². The Balaban J connectivity index is 1.45. The predicted octanol–water partition coefficient (Wildman–Crippen LogP) is 8.53. The number of Topliss-reactive ketones (excluding diaryl/α,β-unsaturated/α-hetero) is 1. The molecule has 0 radical (unpaired) electrons. The number of hydrogen-bond acceptors (Lipinski definition) is 6. The van der Waals surface area contributed by atoms with E-state index in [1.165, 1.54) is 0 Å². The highest BCUT2D eigenvalue weighted by molar-refractivity contribution is 6.13. The molecule has 7 heteroatoms. The standard InChI is InChI=1S/C37H44N4O3/c1-23-11-15-39(16-12-23)30-20-31(40-17-13-24(2)14-18-40)32(41(43)44)19-27(30)36-35-28(21-37(3,4)22-33(35)42)34-26-8-6-5-7-25(26)9-10-29(34)38-36/h5-10,19-20,23-24,36,38H,11-18,21-22H2,1-4H3/t36-/m1/s1. The van der Waals surface area contributed by atoms with Gasteiger partial charge in [-0.05, 0) is 77.8 Å². The van der Waals surface area contributed by atoms with Gasteiger partial charge in [0.2, 0.25) is 0 Å². The summed E-state index contributed by atoms with van der Waals surface area (Å²) in [5.41, 5.74) is 6.55. The van der Waals surface area contributed by atoms with Crippen molar-refractivity contribution in [3.8, 4) is 0 Å². The normalized spacial score (nSPS) is 22.5. The van der Waals surface area contributed by atoms with E-state index in [4.69, 9.17) is 0 Å². The summed E-state index contributed by atoms with van der Waals surface area (Å²) in [5.74, 6) is 1.42. The number of nitrogens with one attached hydrogen (secondary N) is 1. The van der Waals surface area contributed by atoms with Gasteiger partial charge < -0.3 is 15.1 Å². The highest BCUT2D eigenvalue weighted by Gasteiger charge is 2.43. The van der Waals surface area contributed by atoms with Gasteiger partial charge in [0.15, 0.2) is 5.78 Å². The summed E-state index contributed by atoms with van der Waals surface area (Å²) in [7, 11) is 0. The van der Waals surface area contributed by atoms with Crippen LogP contribution in [0.25, 0.3) is 16.3 Å². The Morgan fingerprint density at radius 3 is 2.16 bits per heavy atom. The first-order valence-electron chi connectivity index (χ1n) is 16.5. The van der Waals surface area contributed by atoms with Crippen molar-refractivity contribution in [3.63, 3.8) is 0 Å². The van der Waals surface area contributed by atoms with Gasteiger partial charge in [-0.3, -0.25) is 14.9 Å². The molecule has 2 saturated heterocycles. The van der Waals surface area contributed by atoms with Gasteiger partial charge in [0.25, 0.3) is 5.69 Å². The summed E-state index contributed by atoms with van der Waals surface area (Å²) < 4.78 is 0. The van der Waals surface area contributed by atoms with Crippen LogP contribution in [0.1, 0.15) is 83.4 Å². The summed E-state index contributed by atoms with van der Waals surface area (Å²) >= 11 is 0. The number of nitrogens with zero attached hydrogens (tertiary/aromatic N) is 3. The van der Waals surface area contributed by atoms with E-state index < -0.39 is 6.04 Å². The van der Waals surface area contributed by atoms with Crippen LogP contribution >= 0.6 is 0 Å². The van der Waals surface area contributed by atoms with Crippen molar-refractivity contribution in [2.45, 2.75) is 72.3 Å². The number of piperidine rings is 2. The molecule has 4 aliphatic rings. The van der Waals surface area contributed by atoms with Gasteiger partial charge in [0, 0.05) is 66.7 Å². The summed E-state index contributed by atoms with van der Waals surface area (Å²) in [4.78, 5) is 31.4. The zero-order valence-electron chi connectivity index (χ0n) is 26.5. The highest BCUT2D eigenvalue weighted by Crippen LogP contribution is 2.54. The van der Waals surface area contributed by atoms with Crippen LogP contribution in [0.4, 0.5) is 22.7 Å². The van der Waals surface area contributed by atoms with Crippen LogP contribution in [-0.4, -0.2) is 36.9 Å². The molecule has 3 heterocycles. The average molecular weight is 593 g/mol. The summed E-state index contributed by atoms with van der Waals surface area (Å²) in [6.45, 7) is 12.4. The predicted molar refractivity (Wildman–Crippen MR) is 180 cm³/mol. The third-order valence-electron chi connectivity index (χ3n) is 10.6. The van der Waals surface area contributed by atoms with Crippen LogP contribution < -0.4 is 15.1 Å². The molecule has 1 atom stereocenters. The van der Waals surface area contributed by atoms with Gasteiger partial charge in [-0.2, -0.15) is 0 Å². The van der Waals surface area contributed by atoms with E-state index in [2.05, 4.69) is 85.3 Å². The van der Waals surface area contributed by atoms with E-state index in [9.17, 15) is 14.9 Å². The van der Waals surface area contributed by atoms with E-state index in [1.807, 2.05) is 6.07 Å². The Kier molecular flexibility index (Phi) is 7.18. The Morgan fingerprint density at radius 2 is 1.50 bits per heavy atom. The molecule has 7 nitrogen and oxygen atoms in total. The highest BCUT2D eigenvalue weighted by atomic mass is 16.6. The number of anilines is 3. The summed E-state index contributed by atoms with van der Waals surface area (Å²) in [6, 6.07) is 16.1. The lowest BCUT2D eigenvalue weighted by atomic mass is 9.67. The number of fused-ring (bicyclic) bond motifs is 4.